The summed E-state index contributed by atoms with van der Waals surface area (Å²) in [4.78, 5) is 14.5. The Morgan fingerprint density at radius 1 is 1.39 bits per heavy atom. The molecule has 0 radical (unpaired) electrons. The highest BCUT2D eigenvalue weighted by molar-refractivity contribution is 6.03. The van der Waals surface area contributed by atoms with E-state index in [0.29, 0.717) is 6.04 Å². The molecule has 1 saturated heterocycles. The molecular weight excluding hydrogens is 226 g/mol. The summed E-state index contributed by atoms with van der Waals surface area (Å²) < 4.78 is 0. The second-order valence-corrected chi connectivity index (χ2v) is 5.25. The summed E-state index contributed by atoms with van der Waals surface area (Å²) in [5.74, 6) is 0.0684. The van der Waals surface area contributed by atoms with Crippen molar-refractivity contribution < 1.29 is 4.79 Å². The Kier molecular flexibility index (Phi) is 2.74. The SMILES string of the molecule is Cc1cccc2c1C(=O)N[C@H]1CCN[C@H](C)CN21. The van der Waals surface area contributed by atoms with E-state index in [1.807, 2.05) is 19.1 Å². The molecule has 4 nitrogen and oxygen atoms in total. The molecule has 96 valence electrons. The molecule has 1 aromatic rings. The third-order valence-corrected chi connectivity index (χ3v) is 3.84. The van der Waals surface area contributed by atoms with E-state index in [4.69, 9.17) is 0 Å². The standard InChI is InChI=1S/C14H19N3O/c1-9-4-3-5-11-13(9)14(18)16-12-6-7-15-10(2)8-17(11)12/h3-5,10,12,15H,6-8H2,1-2H3,(H,16,18)/t10-,12-/m1/s1. The number of carbonyl (C=O) groups excluding carboxylic acids is 1. The van der Waals surface area contributed by atoms with Crippen molar-refractivity contribution in [3.8, 4) is 0 Å². The monoisotopic (exact) mass is 245 g/mol. The first-order chi connectivity index (χ1) is 8.66. The van der Waals surface area contributed by atoms with Crippen molar-refractivity contribution in [3.05, 3.63) is 29.3 Å². The summed E-state index contributed by atoms with van der Waals surface area (Å²) in [7, 11) is 0. The smallest absolute Gasteiger partial charge is 0.255 e. The lowest BCUT2D eigenvalue weighted by molar-refractivity contribution is 0.0925. The van der Waals surface area contributed by atoms with Crippen molar-refractivity contribution in [2.45, 2.75) is 32.5 Å². The molecule has 0 aromatic heterocycles. The summed E-state index contributed by atoms with van der Waals surface area (Å²) >= 11 is 0. The quantitative estimate of drug-likeness (QED) is 0.723. The van der Waals surface area contributed by atoms with Crippen LogP contribution in [-0.2, 0) is 0 Å². The second kappa shape index (κ2) is 4.28. The topological polar surface area (TPSA) is 44.4 Å². The molecule has 2 aliphatic heterocycles. The zero-order chi connectivity index (χ0) is 12.7. The number of nitrogens with one attached hydrogen (secondary N) is 2. The van der Waals surface area contributed by atoms with Crippen LogP contribution in [-0.4, -0.2) is 31.2 Å². The lowest BCUT2D eigenvalue weighted by Gasteiger charge is -2.38. The maximum Gasteiger partial charge on any atom is 0.255 e. The van der Waals surface area contributed by atoms with Crippen molar-refractivity contribution in [2.75, 3.05) is 18.0 Å². The number of rotatable bonds is 0. The Hall–Kier alpha value is -1.55. The average molecular weight is 245 g/mol. The molecule has 0 bridgehead atoms. The van der Waals surface area contributed by atoms with Gasteiger partial charge in [0.05, 0.1) is 11.3 Å². The fourth-order valence-corrected chi connectivity index (χ4v) is 2.94. The van der Waals surface area contributed by atoms with Gasteiger partial charge in [-0.25, -0.2) is 0 Å². The number of hydrogen-bond donors (Lipinski definition) is 2. The zero-order valence-corrected chi connectivity index (χ0v) is 10.9. The molecule has 4 heteroatoms. The Labute approximate surface area is 107 Å². The number of aryl methyl sites for hydroxylation is 1. The number of carbonyl (C=O) groups is 1. The zero-order valence-electron chi connectivity index (χ0n) is 10.9. The predicted octanol–water partition coefficient (Wildman–Crippen LogP) is 1.25. The highest BCUT2D eigenvalue weighted by Crippen LogP contribution is 2.30. The van der Waals surface area contributed by atoms with E-state index in [-0.39, 0.29) is 12.1 Å². The molecule has 0 saturated carbocycles. The lowest BCUT2D eigenvalue weighted by Crippen LogP contribution is -2.54. The van der Waals surface area contributed by atoms with E-state index in [1.165, 1.54) is 0 Å². The minimum Gasteiger partial charge on any atom is -0.349 e. The summed E-state index contributed by atoms with van der Waals surface area (Å²) in [6.45, 7) is 6.07. The summed E-state index contributed by atoms with van der Waals surface area (Å²) in [5, 5.41) is 6.59. The van der Waals surface area contributed by atoms with Crippen LogP contribution in [0.25, 0.3) is 0 Å². The first kappa shape index (κ1) is 11.5. The average Bonchev–Trinajstić information content (AvgIpc) is 2.51. The van der Waals surface area contributed by atoms with E-state index in [0.717, 1.165) is 36.3 Å². The molecule has 1 aromatic carbocycles. The van der Waals surface area contributed by atoms with E-state index >= 15 is 0 Å². The van der Waals surface area contributed by atoms with Gasteiger partial charge in [-0.15, -0.1) is 0 Å². The fourth-order valence-electron chi connectivity index (χ4n) is 2.94. The van der Waals surface area contributed by atoms with Crippen LogP contribution in [0, 0.1) is 6.92 Å². The largest absolute Gasteiger partial charge is 0.349 e. The molecule has 3 rings (SSSR count). The summed E-state index contributed by atoms with van der Waals surface area (Å²) in [6, 6.07) is 6.54. The maximum absolute atomic E-state index is 12.2. The van der Waals surface area contributed by atoms with Crippen LogP contribution < -0.4 is 15.5 Å². The Morgan fingerprint density at radius 2 is 2.22 bits per heavy atom. The van der Waals surface area contributed by atoms with Gasteiger partial charge in [0.25, 0.3) is 5.91 Å². The van der Waals surface area contributed by atoms with E-state index in [1.54, 1.807) is 0 Å². The van der Waals surface area contributed by atoms with Crippen molar-refractivity contribution >= 4 is 11.6 Å². The summed E-state index contributed by atoms with van der Waals surface area (Å²) in [5.41, 5.74) is 2.97. The highest BCUT2D eigenvalue weighted by Gasteiger charge is 2.33. The third-order valence-electron chi connectivity index (χ3n) is 3.84. The third kappa shape index (κ3) is 1.77. The van der Waals surface area contributed by atoms with Gasteiger partial charge in [-0.2, -0.15) is 0 Å². The van der Waals surface area contributed by atoms with Crippen molar-refractivity contribution in [3.63, 3.8) is 0 Å². The molecule has 0 unspecified atom stereocenters. The number of benzene rings is 1. The molecule has 1 amide bonds. The molecule has 1 fully saturated rings. The molecule has 2 N–H and O–H groups in total. The Morgan fingerprint density at radius 3 is 3.06 bits per heavy atom. The van der Waals surface area contributed by atoms with Gasteiger partial charge in [0, 0.05) is 12.6 Å². The molecule has 2 heterocycles. The number of nitrogens with zero attached hydrogens (tertiary/aromatic N) is 1. The van der Waals surface area contributed by atoms with E-state index in [2.05, 4.69) is 28.5 Å². The van der Waals surface area contributed by atoms with Crippen LogP contribution in [0.5, 0.6) is 0 Å². The Balaban J connectivity index is 2.07. The second-order valence-electron chi connectivity index (χ2n) is 5.25. The number of anilines is 1. The van der Waals surface area contributed by atoms with Gasteiger partial charge < -0.3 is 15.5 Å². The van der Waals surface area contributed by atoms with Gasteiger partial charge in [0.2, 0.25) is 0 Å². The minimum atomic E-state index is 0.0684. The molecule has 0 spiro atoms. The van der Waals surface area contributed by atoms with E-state index in [9.17, 15) is 4.79 Å². The fraction of sp³-hybridized carbons (Fsp3) is 0.500. The number of amides is 1. The number of hydrogen-bond acceptors (Lipinski definition) is 3. The van der Waals surface area contributed by atoms with Crippen molar-refractivity contribution in [2.24, 2.45) is 0 Å². The van der Waals surface area contributed by atoms with Gasteiger partial charge in [0.15, 0.2) is 0 Å². The Bertz CT molecular complexity index is 486. The van der Waals surface area contributed by atoms with Crippen molar-refractivity contribution in [1.82, 2.24) is 10.6 Å². The molecular formula is C14H19N3O. The summed E-state index contributed by atoms with van der Waals surface area (Å²) in [6.07, 6.45) is 1.08. The molecule has 2 aliphatic rings. The highest BCUT2D eigenvalue weighted by atomic mass is 16.2. The molecule has 2 atom stereocenters. The van der Waals surface area contributed by atoms with Crippen LogP contribution >= 0.6 is 0 Å². The van der Waals surface area contributed by atoms with Crippen molar-refractivity contribution in [1.29, 1.82) is 0 Å². The lowest BCUT2D eigenvalue weighted by atomic mass is 10.0. The van der Waals surface area contributed by atoms with Crippen LogP contribution in [0.15, 0.2) is 18.2 Å². The van der Waals surface area contributed by atoms with Crippen LogP contribution in [0.2, 0.25) is 0 Å². The normalized spacial score (nSPS) is 27.0. The van der Waals surface area contributed by atoms with Gasteiger partial charge in [-0.1, -0.05) is 12.1 Å². The van der Waals surface area contributed by atoms with Gasteiger partial charge in [-0.05, 0) is 38.4 Å². The van der Waals surface area contributed by atoms with Crippen LogP contribution in [0.4, 0.5) is 5.69 Å². The molecule has 18 heavy (non-hydrogen) atoms. The van der Waals surface area contributed by atoms with Gasteiger partial charge >= 0.3 is 0 Å². The molecule has 0 aliphatic carbocycles. The van der Waals surface area contributed by atoms with E-state index < -0.39 is 0 Å². The van der Waals surface area contributed by atoms with Gasteiger partial charge in [-0.3, -0.25) is 4.79 Å². The first-order valence-corrected chi connectivity index (χ1v) is 6.57. The first-order valence-electron chi connectivity index (χ1n) is 6.57. The van der Waals surface area contributed by atoms with Gasteiger partial charge in [0.1, 0.15) is 6.17 Å². The predicted molar refractivity (Wildman–Crippen MR) is 71.9 cm³/mol. The number of fused-ring (bicyclic) bond motifs is 3. The maximum atomic E-state index is 12.2. The van der Waals surface area contributed by atoms with Crippen LogP contribution in [0.3, 0.4) is 0 Å². The minimum absolute atomic E-state index is 0.0684. The van der Waals surface area contributed by atoms with Crippen LogP contribution in [0.1, 0.15) is 29.3 Å².